The number of nitrogens with zero attached hydrogens (tertiary/aromatic N) is 3. The van der Waals surface area contributed by atoms with E-state index in [2.05, 4.69) is 20.7 Å². The van der Waals surface area contributed by atoms with Crippen molar-refractivity contribution in [1.82, 2.24) is 25.4 Å². The number of carbonyl (C=O) groups excluding carboxylic acids is 1. The lowest BCUT2D eigenvalue weighted by molar-refractivity contribution is 0.0954. The van der Waals surface area contributed by atoms with E-state index in [4.69, 9.17) is 0 Å². The molecule has 2 rings (SSSR count). The molecule has 21 heavy (non-hydrogen) atoms. The third-order valence-electron chi connectivity index (χ3n) is 2.96. The van der Waals surface area contributed by atoms with E-state index in [-0.39, 0.29) is 30.7 Å². The summed E-state index contributed by atoms with van der Waals surface area (Å²) in [6, 6.07) is 1.84. The Morgan fingerprint density at radius 1 is 1.33 bits per heavy atom. The number of aryl methyl sites for hydroxylation is 2. The number of hydrogen-bond acceptors (Lipinski definition) is 4. The van der Waals surface area contributed by atoms with Crippen LogP contribution in [0.1, 0.15) is 23.0 Å². The van der Waals surface area contributed by atoms with Crippen LogP contribution in [-0.2, 0) is 7.05 Å². The Hall–Kier alpha value is -1.37. The van der Waals surface area contributed by atoms with E-state index in [0.717, 1.165) is 29.8 Å². The highest BCUT2D eigenvalue weighted by Crippen LogP contribution is 2.16. The average molecular weight is 334 g/mol. The molecule has 0 spiro atoms. The van der Waals surface area contributed by atoms with Crippen molar-refractivity contribution in [2.45, 2.75) is 13.8 Å². The summed E-state index contributed by atoms with van der Waals surface area (Å²) in [5, 5.41) is 11.2. The lowest BCUT2D eigenvalue weighted by Crippen LogP contribution is -2.31. The van der Waals surface area contributed by atoms with Gasteiger partial charge in [-0.15, -0.1) is 24.8 Å². The molecular weight excluding hydrogens is 313 g/mol. The van der Waals surface area contributed by atoms with Crippen LogP contribution in [0.5, 0.6) is 0 Å². The molecule has 2 aromatic heterocycles. The van der Waals surface area contributed by atoms with Gasteiger partial charge >= 0.3 is 0 Å². The number of likely N-dealkylation sites (N-methyl/N-ethyl adjacent to an activating group) is 1. The van der Waals surface area contributed by atoms with E-state index < -0.39 is 0 Å². The molecule has 0 unspecified atom stereocenters. The third-order valence-corrected chi connectivity index (χ3v) is 2.96. The molecule has 0 saturated carbocycles. The summed E-state index contributed by atoms with van der Waals surface area (Å²) >= 11 is 0. The van der Waals surface area contributed by atoms with Gasteiger partial charge in [-0.3, -0.25) is 9.48 Å². The number of nitrogens with one attached hydrogen (secondary N) is 2. The second-order valence-corrected chi connectivity index (χ2v) is 4.41. The monoisotopic (exact) mass is 333 g/mol. The van der Waals surface area contributed by atoms with Crippen LogP contribution in [0.3, 0.4) is 0 Å². The molecule has 0 saturated heterocycles. The predicted molar refractivity (Wildman–Crippen MR) is 88.6 cm³/mol. The van der Waals surface area contributed by atoms with Gasteiger partial charge in [-0.1, -0.05) is 6.92 Å². The van der Waals surface area contributed by atoms with E-state index in [1.165, 1.54) is 0 Å². The third kappa shape index (κ3) is 4.56. The van der Waals surface area contributed by atoms with Gasteiger partial charge in [0.05, 0.1) is 11.3 Å². The van der Waals surface area contributed by atoms with Gasteiger partial charge in [-0.2, -0.15) is 5.10 Å². The van der Waals surface area contributed by atoms with Crippen molar-refractivity contribution >= 4 is 41.8 Å². The molecule has 0 aromatic carbocycles. The van der Waals surface area contributed by atoms with Crippen molar-refractivity contribution in [1.29, 1.82) is 0 Å². The van der Waals surface area contributed by atoms with Crippen LogP contribution in [0.4, 0.5) is 0 Å². The van der Waals surface area contributed by atoms with Crippen LogP contribution in [0, 0.1) is 6.92 Å². The number of rotatable bonds is 5. The van der Waals surface area contributed by atoms with Gasteiger partial charge in [0.2, 0.25) is 0 Å². The average Bonchev–Trinajstić information content (AvgIpc) is 2.69. The minimum Gasteiger partial charge on any atom is -0.351 e. The summed E-state index contributed by atoms with van der Waals surface area (Å²) in [7, 11) is 1.85. The van der Waals surface area contributed by atoms with Gasteiger partial charge in [0, 0.05) is 31.7 Å². The van der Waals surface area contributed by atoms with Crippen molar-refractivity contribution < 1.29 is 4.79 Å². The van der Waals surface area contributed by atoms with Crippen LogP contribution >= 0.6 is 24.8 Å². The zero-order valence-electron chi connectivity index (χ0n) is 12.3. The minimum atomic E-state index is -0.101. The van der Waals surface area contributed by atoms with Crippen molar-refractivity contribution in [3.05, 3.63) is 23.5 Å². The molecular formula is C13H21Cl2N5O. The Kier molecular flexibility index (Phi) is 8.24. The van der Waals surface area contributed by atoms with E-state index in [0.29, 0.717) is 12.1 Å². The number of amides is 1. The van der Waals surface area contributed by atoms with Gasteiger partial charge < -0.3 is 10.6 Å². The molecule has 0 radical (unpaired) electrons. The summed E-state index contributed by atoms with van der Waals surface area (Å²) in [5.74, 6) is -0.101. The molecule has 2 N–H and O–H groups in total. The Labute approximate surface area is 136 Å². The number of fused-ring (bicyclic) bond motifs is 1. The minimum absolute atomic E-state index is 0. The number of aromatic nitrogens is 3. The van der Waals surface area contributed by atoms with Crippen LogP contribution < -0.4 is 10.6 Å². The van der Waals surface area contributed by atoms with Gasteiger partial charge in [-0.05, 0) is 19.5 Å². The van der Waals surface area contributed by atoms with Crippen molar-refractivity contribution in [3.63, 3.8) is 0 Å². The first-order valence-electron chi connectivity index (χ1n) is 6.41. The van der Waals surface area contributed by atoms with Gasteiger partial charge in [0.1, 0.15) is 0 Å². The van der Waals surface area contributed by atoms with Crippen LogP contribution in [0.15, 0.2) is 12.3 Å². The zero-order valence-corrected chi connectivity index (χ0v) is 14.0. The van der Waals surface area contributed by atoms with Crippen molar-refractivity contribution in [3.8, 4) is 0 Å². The van der Waals surface area contributed by atoms with E-state index in [1.807, 2.05) is 27.0 Å². The van der Waals surface area contributed by atoms with Crippen LogP contribution in [0.2, 0.25) is 0 Å². The molecule has 8 heteroatoms. The summed E-state index contributed by atoms with van der Waals surface area (Å²) in [4.78, 5) is 16.3. The van der Waals surface area contributed by atoms with Gasteiger partial charge in [0.25, 0.3) is 5.91 Å². The molecule has 118 valence electrons. The molecule has 6 nitrogen and oxygen atoms in total. The summed E-state index contributed by atoms with van der Waals surface area (Å²) < 4.78 is 1.72. The van der Waals surface area contributed by atoms with Crippen LogP contribution in [-0.4, -0.2) is 40.3 Å². The topological polar surface area (TPSA) is 71.8 Å². The van der Waals surface area contributed by atoms with E-state index in [1.54, 1.807) is 10.9 Å². The SMILES string of the molecule is CCNCCNC(=O)c1cnc2c(c1)c(C)nn2C.Cl.Cl. The molecule has 1 amide bonds. The first-order valence-corrected chi connectivity index (χ1v) is 6.41. The molecule has 0 fully saturated rings. The van der Waals surface area contributed by atoms with Gasteiger partial charge in [-0.25, -0.2) is 4.98 Å². The Bertz CT molecular complexity index is 600. The predicted octanol–water partition coefficient (Wildman–Crippen LogP) is 1.46. The van der Waals surface area contributed by atoms with E-state index >= 15 is 0 Å². The Morgan fingerprint density at radius 2 is 2.05 bits per heavy atom. The molecule has 0 aliphatic carbocycles. The maximum absolute atomic E-state index is 12.0. The van der Waals surface area contributed by atoms with Crippen molar-refractivity contribution in [2.24, 2.45) is 7.05 Å². The second kappa shape index (κ2) is 8.81. The molecule has 0 atom stereocenters. The summed E-state index contributed by atoms with van der Waals surface area (Å²) in [5.41, 5.74) is 2.24. The number of hydrogen-bond donors (Lipinski definition) is 2. The quantitative estimate of drug-likeness (QED) is 0.812. The zero-order chi connectivity index (χ0) is 13.8. The maximum atomic E-state index is 12.0. The number of carbonyl (C=O) groups is 1. The molecule has 0 aliphatic heterocycles. The Morgan fingerprint density at radius 3 is 2.71 bits per heavy atom. The second-order valence-electron chi connectivity index (χ2n) is 4.41. The molecule has 2 aromatic rings. The maximum Gasteiger partial charge on any atom is 0.252 e. The highest BCUT2D eigenvalue weighted by atomic mass is 35.5. The molecule has 0 bridgehead atoms. The first kappa shape index (κ1) is 19.6. The smallest absolute Gasteiger partial charge is 0.252 e. The fourth-order valence-corrected chi connectivity index (χ4v) is 1.98. The van der Waals surface area contributed by atoms with Crippen LogP contribution in [0.25, 0.3) is 11.0 Å². The largest absolute Gasteiger partial charge is 0.351 e. The fourth-order valence-electron chi connectivity index (χ4n) is 1.98. The highest BCUT2D eigenvalue weighted by molar-refractivity contribution is 5.97. The number of halogens is 2. The summed E-state index contributed by atoms with van der Waals surface area (Å²) in [6.07, 6.45) is 1.59. The lowest BCUT2D eigenvalue weighted by atomic mass is 10.2. The fraction of sp³-hybridized carbons (Fsp3) is 0.462. The molecule has 2 heterocycles. The Balaban J connectivity index is 0.00000200. The number of pyridine rings is 1. The first-order chi connectivity index (χ1) is 9.13. The van der Waals surface area contributed by atoms with Gasteiger partial charge in [0.15, 0.2) is 5.65 Å². The lowest BCUT2D eigenvalue weighted by Gasteiger charge is -2.05. The molecule has 0 aliphatic rings. The van der Waals surface area contributed by atoms with Crippen molar-refractivity contribution in [2.75, 3.05) is 19.6 Å². The summed E-state index contributed by atoms with van der Waals surface area (Å²) in [6.45, 7) is 6.22. The van der Waals surface area contributed by atoms with E-state index in [9.17, 15) is 4.79 Å². The highest BCUT2D eigenvalue weighted by Gasteiger charge is 2.11. The normalized spacial score (nSPS) is 9.86. The standard InChI is InChI=1S/C13H19N5O.2ClH/c1-4-14-5-6-15-13(19)10-7-11-9(2)17-18(3)12(11)16-8-10;;/h7-8,14H,4-6H2,1-3H3,(H,15,19);2*1H.